The van der Waals surface area contributed by atoms with Gasteiger partial charge < -0.3 is 0 Å². The molecule has 4 aromatic rings. The van der Waals surface area contributed by atoms with E-state index in [9.17, 15) is 0 Å². The van der Waals surface area contributed by atoms with Crippen molar-refractivity contribution in [1.29, 1.82) is 0 Å². The molecule has 0 aliphatic rings. The number of rotatable bonds is 16. The Morgan fingerprint density at radius 1 is 0.268 bits per heavy atom. The molecule has 0 fully saturated rings. The molecule has 0 aromatic heterocycles. The summed E-state index contributed by atoms with van der Waals surface area (Å²) in [7, 11) is 0. The minimum Gasteiger partial charge on any atom is -0.0628 e. The van der Waals surface area contributed by atoms with Gasteiger partial charge in [0.15, 0.2) is 0 Å². The van der Waals surface area contributed by atoms with Gasteiger partial charge in [0, 0.05) is 0 Å². The summed E-state index contributed by atoms with van der Waals surface area (Å²) >= 11 is 0. The highest BCUT2D eigenvalue weighted by Gasteiger charge is 2.04. The zero-order chi connectivity index (χ0) is 42.2. The van der Waals surface area contributed by atoms with Crippen molar-refractivity contribution in [2.75, 3.05) is 0 Å². The van der Waals surface area contributed by atoms with Crippen LogP contribution in [0.15, 0.2) is 97.1 Å². The minimum atomic E-state index is 0.647. The van der Waals surface area contributed by atoms with Gasteiger partial charge in [-0.1, -0.05) is 208 Å². The predicted octanol–water partition coefficient (Wildman–Crippen LogP) is 17.6. The third-order valence-corrected chi connectivity index (χ3v) is 10.6. The molecule has 0 aliphatic heterocycles. The first-order chi connectivity index (χ1) is 26.4. The van der Waals surface area contributed by atoms with Crippen molar-refractivity contribution in [2.45, 2.75) is 186 Å². The van der Waals surface area contributed by atoms with E-state index in [0.29, 0.717) is 23.7 Å². The molecule has 0 unspecified atom stereocenters. The van der Waals surface area contributed by atoms with E-state index in [4.69, 9.17) is 0 Å². The average molecular weight is 761 g/mol. The van der Waals surface area contributed by atoms with Crippen LogP contribution in [0.25, 0.3) is 0 Å². The maximum Gasteiger partial charge on any atom is -0.0219 e. The van der Waals surface area contributed by atoms with Crippen LogP contribution in [0.2, 0.25) is 0 Å². The van der Waals surface area contributed by atoms with Crippen molar-refractivity contribution in [1.82, 2.24) is 0 Å². The quantitative estimate of drug-likeness (QED) is 0.107. The van der Waals surface area contributed by atoms with Crippen molar-refractivity contribution < 1.29 is 0 Å². The Labute approximate surface area is 349 Å². The van der Waals surface area contributed by atoms with Gasteiger partial charge in [0.2, 0.25) is 0 Å². The van der Waals surface area contributed by atoms with Crippen LogP contribution in [0.1, 0.15) is 205 Å². The summed E-state index contributed by atoms with van der Waals surface area (Å²) < 4.78 is 0. The molecule has 0 N–H and O–H groups in total. The van der Waals surface area contributed by atoms with E-state index in [0.717, 1.165) is 23.7 Å². The first-order valence-corrected chi connectivity index (χ1v) is 22.7. The van der Waals surface area contributed by atoms with E-state index in [-0.39, 0.29) is 0 Å². The standard InChI is InChI=1S/4C14H22/c2*1-11(2)5-6-13-7-9-14(10-8-13)12(3)4;2*1-11(2)8-9-13-6-5-7-14(10-13)12(3)4/h2*7-12H,5-6H2,1-4H3;2*5-7,10-12H,8-9H2,1-4H3. The minimum absolute atomic E-state index is 0.647. The lowest BCUT2D eigenvalue weighted by Crippen LogP contribution is -1.94. The van der Waals surface area contributed by atoms with Crippen LogP contribution in [0.3, 0.4) is 0 Å². The lowest BCUT2D eigenvalue weighted by atomic mass is 9.97. The fourth-order valence-electron chi connectivity index (χ4n) is 6.18. The van der Waals surface area contributed by atoms with Gasteiger partial charge in [-0.2, -0.15) is 0 Å². The van der Waals surface area contributed by atoms with E-state index in [1.807, 2.05) is 0 Å². The van der Waals surface area contributed by atoms with Crippen LogP contribution in [0, 0.1) is 23.7 Å². The molecule has 4 rings (SSSR count). The molecular formula is C56H88. The molecule has 312 valence electrons. The molecule has 0 radical (unpaired) electrons. The Morgan fingerprint density at radius 2 is 0.518 bits per heavy atom. The molecule has 0 heterocycles. The number of benzene rings is 4. The van der Waals surface area contributed by atoms with Gasteiger partial charge in [0.05, 0.1) is 0 Å². The number of hydrogen-bond donors (Lipinski definition) is 0. The Kier molecular flexibility index (Phi) is 25.7. The molecule has 0 aliphatic carbocycles. The molecule has 0 bridgehead atoms. The Balaban J connectivity index is 0.000000373. The van der Waals surface area contributed by atoms with Gasteiger partial charge in [-0.3, -0.25) is 0 Å². The summed E-state index contributed by atoms with van der Waals surface area (Å²) in [6, 6.07) is 36.2. The van der Waals surface area contributed by atoms with Crippen molar-refractivity contribution in [3.05, 3.63) is 142 Å². The summed E-state index contributed by atoms with van der Waals surface area (Å²) in [5, 5.41) is 0. The molecule has 0 nitrogen and oxygen atoms in total. The molecule has 0 amide bonds. The number of hydrogen-bond acceptors (Lipinski definition) is 0. The summed E-state index contributed by atoms with van der Waals surface area (Å²) in [5.41, 5.74) is 11.7. The highest BCUT2D eigenvalue weighted by atomic mass is 14.1. The molecule has 56 heavy (non-hydrogen) atoms. The van der Waals surface area contributed by atoms with Crippen LogP contribution in [-0.2, 0) is 25.7 Å². The molecule has 0 saturated carbocycles. The first-order valence-electron chi connectivity index (χ1n) is 22.7. The average Bonchev–Trinajstić information content (AvgIpc) is 3.16. The fourth-order valence-corrected chi connectivity index (χ4v) is 6.18. The van der Waals surface area contributed by atoms with E-state index in [1.54, 1.807) is 0 Å². The van der Waals surface area contributed by atoms with E-state index >= 15 is 0 Å². The van der Waals surface area contributed by atoms with Crippen molar-refractivity contribution in [3.63, 3.8) is 0 Å². The third-order valence-electron chi connectivity index (χ3n) is 10.6. The number of aryl methyl sites for hydroxylation is 4. The fraction of sp³-hybridized carbons (Fsp3) is 0.571. The van der Waals surface area contributed by atoms with Gasteiger partial charge in [-0.15, -0.1) is 0 Å². The Morgan fingerprint density at radius 3 is 0.750 bits per heavy atom. The highest BCUT2D eigenvalue weighted by Crippen LogP contribution is 2.20. The van der Waals surface area contributed by atoms with E-state index in [2.05, 4.69) is 208 Å². The summed E-state index contributed by atoms with van der Waals surface area (Å²) in [6.45, 7) is 36.2. The summed E-state index contributed by atoms with van der Waals surface area (Å²) in [4.78, 5) is 0. The van der Waals surface area contributed by atoms with Crippen molar-refractivity contribution >= 4 is 0 Å². The van der Waals surface area contributed by atoms with Crippen LogP contribution in [-0.4, -0.2) is 0 Å². The maximum atomic E-state index is 2.35. The second-order valence-corrected chi connectivity index (χ2v) is 19.3. The third kappa shape index (κ3) is 23.8. The van der Waals surface area contributed by atoms with E-state index < -0.39 is 0 Å². The largest absolute Gasteiger partial charge is 0.0628 e. The van der Waals surface area contributed by atoms with Gasteiger partial charge in [0.1, 0.15) is 0 Å². The van der Waals surface area contributed by atoms with Gasteiger partial charge in [-0.25, -0.2) is 0 Å². The van der Waals surface area contributed by atoms with Crippen LogP contribution >= 0.6 is 0 Å². The van der Waals surface area contributed by atoms with Crippen LogP contribution < -0.4 is 0 Å². The highest BCUT2D eigenvalue weighted by molar-refractivity contribution is 5.28. The lowest BCUT2D eigenvalue weighted by molar-refractivity contribution is 0.586. The van der Waals surface area contributed by atoms with Crippen LogP contribution in [0.5, 0.6) is 0 Å². The normalized spacial score (nSPS) is 11.3. The van der Waals surface area contributed by atoms with Gasteiger partial charge in [0.25, 0.3) is 0 Å². The Bertz CT molecular complexity index is 1410. The Hall–Kier alpha value is -3.12. The van der Waals surface area contributed by atoms with Crippen molar-refractivity contribution in [3.8, 4) is 0 Å². The van der Waals surface area contributed by atoms with Gasteiger partial charge in [-0.05, 0) is 143 Å². The second-order valence-electron chi connectivity index (χ2n) is 19.3. The van der Waals surface area contributed by atoms with Crippen molar-refractivity contribution in [2.24, 2.45) is 23.7 Å². The molecule has 4 aromatic carbocycles. The lowest BCUT2D eigenvalue weighted by Gasteiger charge is -2.09. The zero-order valence-electron chi connectivity index (χ0n) is 39.5. The maximum absolute atomic E-state index is 2.35. The smallest absolute Gasteiger partial charge is 0.0219 e. The zero-order valence-corrected chi connectivity index (χ0v) is 39.5. The molecule has 0 heteroatoms. The predicted molar refractivity (Wildman–Crippen MR) is 255 cm³/mol. The molecule has 0 atom stereocenters. The SMILES string of the molecule is CC(C)CCc1ccc(C(C)C)cc1.CC(C)CCc1ccc(C(C)C)cc1.CC(C)CCc1cccc(C(C)C)c1.CC(C)CCc1cccc(C(C)C)c1. The first kappa shape index (κ1) is 50.9. The topological polar surface area (TPSA) is 0 Å². The molecule has 0 saturated heterocycles. The molecule has 0 spiro atoms. The molecular weight excluding hydrogens is 673 g/mol. The summed E-state index contributed by atoms with van der Waals surface area (Å²) in [6.07, 6.45) is 10.0. The van der Waals surface area contributed by atoms with E-state index in [1.165, 1.54) is 95.9 Å². The van der Waals surface area contributed by atoms with Gasteiger partial charge >= 0.3 is 0 Å². The monoisotopic (exact) mass is 761 g/mol. The second kappa shape index (κ2) is 28.3. The van der Waals surface area contributed by atoms with Crippen LogP contribution in [0.4, 0.5) is 0 Å². The summed E-state index contributed by atoms with van der Waals surface area (Å²) in [5.74, 6) is 5.81.